The Morgan fingerprint density at radius 2 is 2.00 bits per heavy atom. The maximum Gasteiger partial charge on any atom is 0.122 e. The SMILES string of the molecule is CCC(CCO)c1ccc(O)cc1O. The molecule has 0 fully saturated rings. The molecular weight excluding hydrogens is 180 g/mol. The number of aliphatic hydroxyl groups is 1. The molecule has 78 valence electrons. The summed E-state index contributed by atoms with van der Waals surface area (Å²) in [4.78, 5) is 0. The fraction of sp³-hybridized carbons (Fsp3) is 0.455. The maximum absolute atomic E-state index is 9.58. The van der Waals surface area contributed by atoms with E-state index in [9.17, 15) is 5.11 Å². The molecule has 3 heteroatoms. The van der Waals surface area contributed by atoms with Gasteiger partial charge in [-0.3, -0.25) is 0 Å². The Balaban J connectivity index is 2.92. The van der Waals surface area contributed by atoms with E-state index in [1.54, 1.807) is 12.1 Å². The summed E-state index contributed by atoms with van der Waals surface area (Å²) >= 11 is 0. The van der Waals surface area contributed by atoms with Gasteiger partial charge in [-0.2, -0.15) is 0 Å². The van der Waals surface area contributed by atoms with Crippen LogP contribution in [0.2, 0.25) is 0 Å². The van der Waals surface area contributed by atoms with Gasteiger partial charge in [0.05, 0.1) is 0 Å². The fourth-order valence-electron chi connectivity index (χ4n) is 1.61. The van der Waals surface area contributed by atoms with Crippen molar-refractivity contribution in [3.63, 3.8) is 0 Å². The molecule has 0 aliphatic rings. The summed E-state index contributed by atoms with van der Waals surface area (Å²) in [6.45, 7) is 2.12. The lowest BCUT2D eigenvalue weighted by molar-refractivity contribution is 0.273. The Hall–Kier alpha value is -1.22. The minimum Gasteiger partial charge on any atom is -0.508 e. The molecule has 0 spiro atoms. The van der Waals surface area contributed by atoms with E-state index >= 15 is 0 Å². The van der Waals surface area contributed by atoms with Crippen molar-refractivity contribution in [2.75, 3.05) is 6.61 Å². The van der Waals surface area contributed by atoms with Gasteiger partial charge in [-0.15, -0.1) is 0 Å². The van der Waals surface area contributed by atoms with Gasteiger partial charge in [0.1, 0.15) is 11.5 Å². The van der Waals surface area contributed by atoms with Crippen molar-refractivity contribution in [3.8, 4) is 11.5 Å². The average molecular weight is 196 g/mol. The maximum atomic E-state index is 9.58. The van der Waals surface area contributed by atoms with Crippen molar-refractivity contribution in [1.82, 2.24) is 0 Å². The third kappa shape index (κ3) is 2.39. The normalized spacial score (nSPS) is 12.7. The smallest absolute Gasteiger partial charge is 0.122 e. The van der Waals surface area contributed by atoms with Crippen LogP contribution in [0.4, 0.5) is 0 Å². The zero-order valence-corrected chi connectivity index (χ0v) is 8.27. The molecule has 0 bridgehead atoms. The predicted molar refractivity (Wildman–Crippen MR) is 54.5 cm³/mol. The van der Waals surface area contributed by atoms with Gasteiger partial charge in [-0.05, 0) is 30.4 Å². The molecule has 0 aromatic heterocycles. The molecule has 0 aliphatic carbocycles. The van der Waals surface area contributed by atoms with Crippen LogP contribution < -0.4 is 0 Å². The molecule has 1 atom stereocenters. The van der Waals surface area contributed by atoms with Crippen LogP contribution in [0, 0.1) is 0 Å². The van der Waals surface area contributed by atoms with E-state index in [-0.39, 0.29) is 24.0 Å². The minimum atomic E-state index is 0.0603. The van der Waals surface area contributed by atoms with Crippen LogP contribution >= 0.6 is 0 Å². The van der Waals surface area contributed by atoms with E-state index < -0.39 is 0 Å². The standard InChI is InChI=1S/C11H16O3/c1-2-8(5-6-12)10-4-3-9(13)7-11(10)14/h3-4,7-8,12-14H,2,5-6H2,1H3. The third-order valence-corrected chi connectivity index (χ3v) is 2.42. The number of phenols is 2. The topological polar surface area (TPSA) is 60.7 Å². The van der Waals surface area contributed by atoms with Crippen molar-refractivity contribution in [2.45, 2.75) is 25.7 Å². The Bertz CT molecular complexity index is 297. The highest BCUT2D eigenvalue weighted by Gasteiger charge is 2.13. The van der Waals surface area contributed by atoms with Gasteiger partial charge in [0.15, 0.2) is 0 Å². The lowest BCUT2D eigenvalue weighted by Gasteiger charge is -2.15. The van der Waals surface area contributed by atoms with Crippen LogP contribution in [0.1, 0.15) is 31.2 Å². The Labute approximate surface area is 83.6 Å². The monoisotopic (exact) mass is 196 g/mol. The summed E-state index contributed by atoms with van der Waals surface area (Å²) in [5.41, 5.74) is 0.791. The molecule has 1 rings (SSSR count). The first-order valence-corrected chi connectivity index (χ1v) is 4.81. The van der Waals surface area contributed by atoms with Crippen LogP contribution in [-0.2, 0) is 0 Å². The van der Waals surface area contributed by atoms with E-state index in [2.05, 4.69) is 0 Å². The van der Waals surface area contributed by atoms with Crippen molar-refractivity contribution < 1.29 is 15.3 Å². The molecule has 3 N–H and O–H groups in total. The summed E-state index contributed by atoms with van der Waals surface area (Å²) in [7, 11) is 0. The van der Waals surface area contributed by atoms with Gasteiger partial charge in [0.25, 0.3) is 0 Å². The first-order valence-electron chi connectivity index (χ1n) is 4.81. The molecule has 0 radical (unpaired) electrons. The number of hydrogen-bond acceptors (Lipinski definition) is 3. The fourth-order valence-corrected chi connectivity index (χ4v) is 1.61. The van der Waals surface area contributed by atoms with E-state index in [4.69, 9.17) is 10.2 Å². The molecular formula is C11H16O3. The summed E-state index contributed by atoms with van der Waals surface area (Å²) in [6.07, 6.45) is 1.49. The molecule has 14 heavy (non-hydrogen) atoms. The van der Waals surface area contributed by atoms with Crippen molar-refractivity contribution in [3.05, 3.63) is 23.8 Å². The largest absolute Gasteiger partial charge is 0.508 e. The number of hydrogen-bond donors (Lipinski definition) is 3. The first-order chi connectivity index (χ1) is 6.69. The summed E-state index contributed by atoms with van der Waals surface area (Å²) in [5.74, 6) is 0.316. The van der Waals surface area contributed by atoms with Crippen molar-refractivity contribution >= 4 is 0 Å². The molecule has 0 aliphatic heterocycles. The lowest BCUT2D eigenvalue weighted by atomic mass is 9.93. The molecule has 0 heterocycles. The van der Waals surface area contributed by atoms with E-state index in [0.29, 0.717) is 6.42 Å². The second-order valence-corrected chi connectivity index (χ2v) is 3.36. The van der Waals surface area contributed by atoms with Crippen LogP contribution in [0.5, 0.6) is 11.5 Å². The van der Waals surface area contributed by atoms with E-state index in [0.717, 1.165) is 12.0 Å². The minimum absolute atomic E-state index is 0.0603. The number of rotatable bonds is 4. The van der Waals surface area contributed by atoms with Gasteiger partial charge < -0.3 is 15.3 Å². The van der Waals surface area contributed by atoms with Crippen LogP contribution in [0.15, 0.2) is 18.2 Å². The molecule has 1 aromatic rings. The van der Waals surface area contributed by atoms with Gasteiger partial charge >= 0.3 is 0 Å². The summed E-state index contributed by atoms with van der Waals surface area (Å²) < 4.78 is 0. The summed E-state index contributed by atoms with van der Waals surface area (Å²) in [6, 6.07) is 4.58. The van der Waals surface area contributed by atoms with Gasteiger partial charge in [0.2, 0.25) is 0 Å². The van der Waals surface area contributed by atoms with E-state index in [1.165, 1.54) is 6.07 Å². The number of aliphatic hydroxyl groups excluding tert-OH is 1. The van der Waals surface area contributed by atoms with Gasteiger partial charge in [0, 0.05) is 12.7 Å². The zero-order chi connectivity index (χ0) is 10.6. The Morgan fingerprint density at radius 1 is 1.29 bits per heavy atom. The molecule has 1 aromatic carbocycles. The highest BCUT2D eigenvalue weighted by molar-refractivity contribution is 5.40. The molecule has 0 saturated carbocycles. The lowest BCUT2D eigenvalue weighted by Crippen LogP contribution is -2.00. The van der Waals surface area contributed by atoms with Crippen LogP contribution in [0.3, 0.4) is 0 Å². The van der Waals surface area contributed by atoms with Gasteiger partial charge in [-0.1, -0.05) is 13.0 Å². The number of benzene rings is 1. The molecule has 3 nitrogen and oxygen atoms in total. The Morgan fingerprint density at radius 3 is 2.50 bits per heavy atom. The predicted octanol–water partition coefficient (Wildman–Crippen LogP) is 1.97. The van der Waals surface area contributed by atoms with Crippen molar-refractivity contribution in [2.24, 2.45) is 0 Å². The van der Waals surface area contributed by atoms with Crippen molar-refractivity contribution in [1.29, 1.82) is 0 Å². The second kappa shape index (κ2) is 4.86. The average Bonchev–Trinajstić information content (AvgIpc) is 2.15. The van der Waals surface area contributed by atoms with Crippen LogP contribution in [-0.4, -0.2) is 21.9 Å². The second-order valence-electron chi connectivity index (χ2n) is 3.36. The van der Waals surface area contributed by atoms with E-state index in [1.807, 2.05) is 6.92 Å². The zero-order valence-electron chi connectivity index (χ0n) is 8.27. The first kappa shape index (κ1) is 10.9. The highest BCUT2D eigenvalue weighted by Crippen LogP contribution is 2.32. The van der Waals surface area contributed by atoms with Crippen LogP contribution in [0.25, 0.3) is 0 Å². The Kier molecular flexibility index (Phi) is 3.77. The molecule has 0 amide bonds. The summed E-state index contributed by atoms with van der Waals surface area (Å²) in [5, 5.41) is 27.5. The molecule has 0 saturated heterocycles. The number of phenolic OH excluding ortho intramolecular Hbond substituents is 2. The number of aromatic hydroxyl groups is 2. The highest BCUT2D eigenvalue weighted by atomic mass is 16.3. The quantitative estimate of drug-likeness (QED) is 0.690. The van der Waals surface area contributed by atoms with Gasteiger partial charge in [-0.25, -0.2) is 0 Å². The third-order valence-electron chi connectivity index (χ3n) is 2.42. The molecule has 1 unspecified atom stereocenters.